The highest BCUT2D eigenvalue weighted by Gasteiger charge is 2.11. The molecular formula is C14H11BFNO3. The Labute approximate surface area is 115 Å². The van der Waals surface area contributed by atoms with Crippen LogP contribution in [0.25, 0.3) is 0 Å². The van der Waals surface area contributed by atoms with Crippen LogP contribution in [-0.4, -0.2) is 17.2 Å². The molecule has 2 aromatic carbocycles. The smallest absolute Gasteiger partial charge is 0.488 e. The molecule has 0 aliphatic heterocycles. The Bertz CT molecular complexity index is 655. The minimum Gasteiger partial charge on any atom is -0.489 e. The summed E-state index contributed by atoms with van der Waals surface area (Å²) in [5.41, 5.74) is 1.05. The van der Waals surface area contributed by atoms with Crippen molar-refractivity contribution in [3.8, 4) is 11.8 Å². The average molecular weight is 271 g/mol. The van der Waals surface area contributed by atoms with Crippen LogP contribution in [0.1, 0.15) is 11.1 Å². The van der Waals surface area contributed by atoms with E-state index < -0.39 is 12.9 Å². The summed E-state index contributed by atoms with van der Waals surface area (Å²) >= 11 is 0. The van der Waals surface area contributed by atoms with Gasteiger partial charge in [0.1, 0.15) is 18.2 Å². The van der Waals surface area contributed by atoms with Gasteiger partial charge >= 0.3 is 7.12 Å². The highest BCUT2D eigenvalue weighted by molar-refractivity contribution is 6.58. The fourth-order valence-electron chi connectivity index (χ4n) is 1.73. The summed E-state index contributed by atoms with van der Waals surface area (Å²) in [6, 6.07) is 12.1. The van der Waals surface area contributed by atoms with Crippen molar-refractivity contribution in [3.05, 3.63) is 59.4 Å². The van der Waals surface area contributed by atoms with Gasteiger partial charge in [0.05, 0.1) is 11.6 Å². The van der Waals surface area contributed by atoms with Crippen LogP contribution in [0.4, 0.5) is 4.39 Å². The van der Waals surface area contributed by atoms with Crippen LogP contribution in [0, 0.1) is 17.1 Å². The van der Waals surface area contributed by atoms with Crippen LogP contribution in [-0.2, 0) is 6.61 Å². The maximum Gasteiger partial charge on any atom is 0.488 e. The van der Waals surface area contributed by atoms with Gasteiger partial charge in [-0.15, -0.1) is 0 Å². The normalized spacial score (nSPS) is 9.90. The first kappa shape index (κ1) is 14.1. The molecular weight excluding hydrogens is 260 g/mol. The van der Waals surface area contributed by atoms with E-state index in [-0.39, 0.29) is 12.2 Å². The molecule has 0 saturated carbocycles. The second kappa shape index (κ2) is 6.19. The average Bonchev–Trinajstić information content (AvgIpc) is 2.44. The van der Waals surface area contributed by atoms with Crippen molar-refractivity contribution in [2.24, 2.45) is 0 Å². The van der Waals surface area contributed by atoms with Gasteiger partial charge in [-0.3, -0.25) is 0 Å². The van der Waals surface area contributed by atoms with E-state index >= 15 is 0 Å². The van der Waals surface area contributed by atoms with Crippen LogP contribution >= 0.6 is 0 Å². The molecule has 100 valence electrons. The summed E-state index contributed by atoms with van der Waals surface area (Å²) in [7, 11) is -1.57. The lowest BCUT2D eigenvalue weighted by atomic mass is 9.80. The van der Waals surface area contributed by atoms with E-state index in [0.717, 1.165) is 6.07 Å². The molecule has 0 atom stereocenters. The van der Waals surface area contributed by atoms with Gasteiger partial charge in [-0.05, 0) is 41.4 Å². The monoisotopic (exact) mass is 271 g/mol. The largest absolute Gasteiger partial charge is 0.489 e. The molecule has 0 saturated heterocycles. The molecule has 2 aromatic rings. The minimum absolute atomic E-state index is 0.0808. The number of hydrogen-bond donors (Lipinski definition) is 2. The number of rotatable bonds is 4. The molecule has 0 unspecified atom stereocenters. The topological polar surface area (TPSA) is 73.5 Å². The van der Waals surface area contributed by atoms with Gasteiger partial charge < -0.3 is 14.8 Å². The second-order valence-electron chi connectivity index (χ2n) is 4.19. The van der Waals surface area contributed by atoms with E-state index in [1.165, 1.54) is 18.2 Å². The Morgan fingerprint density at radius 3 is 2.70 bits per heavy atom. The highest BCUT2D eigenvalue weighted by atomic mass is 19.1. The minimum atomic E-state index is -1.57. The van der Waals surface area contributed by atoms with E-state index in [4.69, 9.17) is 20.0 Å². The Kier molecular flexibility index (Phi) is 4.36. The molecule has 2 N–H and O–H groups in total. The summed E-state index contributed by atoms with van der Waals surface area (Å²) in [5.74, 6) is -0.0689. The van der Waals surface area contributed by atoms with Crippen molar-refractivity contribution in [1.82, 2.24) is 0 Å². The van der Waals surface area contributed by atoms with E-state index in [0.29, 0.717) is 16.8 Å². The Hall–Kier alpha value is -2.36. The van der Waals surface area contributed by atoms with Crippen LogP contribution in [0.3, 0.4) is 0 Å². The predicted molar refractivity (Wildman–Crippen MR) is 71.7 cm³/mol. The Morgan fingerprint density at radius 1 is 1.20 bits per heavy atom. The van der Waals surface area contributed by atoms with Gasteiger partial charge in [0, 0.05) is 0 Å². The highest BCUT2D eigenvalue weighted by Crippen LogP contribution is 2.13. The van der Waals surface area contributed by atoms with Gasteiger partial charge in [0.2, 0.25) is 0 Å². The lowest BCUT2D eigenvalue weighted by Gasteiger charge is -2.08. The third-order valence-corrected chi connectivity index (χ3v) is 2.65. The molecule has 0 aromatic heterocycles. The first-order chi connectivity index (χ1) is 9.58. The summed E-state index contributed by atoms with van der Waals surface area (Å²) < 4.78 is 18.7. The molecule has 20 heavy (non-hydrogen) atoms. The zero-order chi connectivity index (χ0) is 14.5. The van der Waals surface area contributed by atoms with Gasteiger partial charge in [-0.2, -0.15) is 5.26 Å². The van der Waals surface area contributed by atoms with Crippen molar-refractivity contribution in [2.45, 2.75) is 6.61 Å². The first-order valence-corrected chi connectivity index (χ1v) is 5.87. The van der Waals surface area contributed by atoms with E-state index in [2.05, 4.69) is 0 Å². The Balaban J connectivity index is 2.11. The third kappa shape index (κ3) is 3.57. The van der Waals surface area contributed by atoms with Gasteiger partial charge in [-0.25, -0.2) is 4.39 Å². The number of halogens is 1. The third-order valence-electron chi connectivity index (χ3n) is 2.65. The molecule has 2 rings (SSSR count). The standard InChI is InChI=1S/C14H11BFNO3/c16-13-5-10(8-17)4-11(6-13)9-20-14-3-1-2-12(7-14)15(18)19/h1-7,18-19H,9H2. The molecule has 0 aliphatic rings. The molecule has 0 heterocycles. The maximum atomic E-state index is 13.2. The molecule has 0 spiro atoms. The quantitative estimate of drug-likeness (QED) is 0.812. The zero-order valence-corrected chi connectivity index (χ0v) is 10.5. The number of nitrogens with zero attached hydrogens (tertiary/aromatic N) is 1. The van der Waals surface area contributed by atoms with Crippen LogP contribution in [0.5, 0.6) is 5.75 Å². The SMILES string of the molecule is N#Cc1cc(F)cc(COc2cccc(B(O)O)c2)c1. The molecule has 0 aliphatic carbocycles. The zero-order valence-electron chi connectivity index (χ0n) is 10.5. The summed E-state index contributed by atoms with van der Waals surface area (Å²) in [5, 5.41) is 26.9. The molecule has 0 bridgehead atoms. The number of nitriles is 1. The summed E-state index contributed by atoms with van der Waals surface area (Å²) in [6.45, 7) is 0.0808. The van der Waals surface area contributed by atoms with Gasteiger partial charge in [-0.1, -0.05) is 12.1 Å². The molecule has 0 amide bonds. The predicted octanol–water partition coefficient (Wildman–Crippen LogP) is 0.956. The fourth-order valence-corrected chi connectivity index (χ4v) is 1.73. The van der Waals surface area contributed by atoms with Crippen molar-refractivity contribution in [3.63, 3.8) is 0 Å². The molecule has 0 radical (unpaired) electrons. The maximum absolute atomic E-state index is 13.2. The Morgan fingerprint density at radius 2 is 2.00 bits per heavy atom. The second-order valence-corrected chi connectivity index (χ2v) is 4.19. The van der Waals surface area contributed by atoms with Crippen molar-refractivity contribution in [2.75, 3.05) is 0 Å². The van der Waals surface area contributed by atoms with E-state index in [9.17, 15) is 4.39 Å². The molecule has 4 nitrogen and oxygen atoms in total. The van der Waals surface area contributed by atoms with Crippen LogP contribution in [0.15, 0.2) is 42.5 Å². The lowest BCUT2D eigenvalue weighted by Crippen LogP contribution is -2.29. The van der Waals surface area contributed by atoms with Crippen LogP contribution in [0.2, 0.25) is 0 Å². The van der Waals surface area contributed by atoms with Gasteiger partial charge in [0.15, 0.2) is 0 Å². The number of ether oxygens (including phenoxy) is 1. The number of hydrogen-bond acceptors (Lipinski definition) is 4. The number of benzene rings is 2. The van der Waals surface area contributed by atoms with E-state index in [1.807, 2.05) is 6.07 Å². The lowest BCUT2D eigenvalue weighted by molar-refractivity contribution is 0.305. The first-order valence-electron chi connectivity index (χ1n) is 5.87. The van der Waals surface area contributed by atoms with Crippen molar-refractivity contribution < 1.29 is 19.2 Å². The molecule has 6 heteroatoms. The van der Waals surface area contributed by atoms with E-state index in [1.54, 1.807) is 18.2 Å². The fraction of sp³-hybridized carbons (Fsp3) is 0.0714. The van der Waals surface area contributed by atoms with Crippen molar-refractivity contribution >= 4 is 12.6 Å². The van der Waals surface area contributed by atoms with Gasteiger partial charge in [0.25, 0.3) is 0 Å². The van der Waals surface area contributed by atoms with Crippen molar-refractivity contribution in [1.29, 1.82) is 5.26 Å². The van der Waals surface area contributed by atoms with Crippen LogP contribution < -0.4 is 10.2 Å². The summed E-state index contributed by atoms with van der Waals surface area (Å²) in [6.07, 6.45) is 0. The summed E-state index contributed by atoms with van der Waals surface area (Å²) in [4.78, 5) is 0. The molecule has 0 fully saturated rings.